The number of ether oxygens (including phenoxy) is 2. The number of rotatable bonds is 7. The number of methoxy groups -OCH3 is 1. The zero-order valence-electron chi connectivity index (χ0n) is 17.8. The van der Waals surface area contributed by atoms with Gasteiger partial charge >= 0.3 is 0 Å². The van der Waals surface area contributed by atoms with Gasteiger partial charge in [0.05, 0.1) is 13.7 Å². The molecule has 2 saturated heterocycles. The molecule has 1 unspecified atom stereocenters. The van der Waals surface area contributed by atoms with E-state index in [1.54, 1.807) is 7.11 Å². The van der Waals surface area contributed by atoms with Crippen LogP contribution in [0.15, 0.2) is 48.5 Å². The Morgan fingerprint density at radius 2 is 1.67 bits per heavy atom. The summed E-state index contributed by atoms with van der Waals surface area (Å²) >= 11 is 0. The summed E-state index contributed by atoms with van der Waals surface area (Å²) in [5.41, 5.74) is 2.13. The Morgan fingerprint density at radius 1 is 0.967 bits per heavy atom. The number of likely N-dealkylation sites (tertiary alicyclic amines) is 1. The molecule has 5 heteroatoms. The molecular weight excluding hydrogens is 376 g/mol. The minimum atomic E-state index is 0.151. The van der Waals surface area contributed by atoms with Gasteiger partial charge < -0.3 is 19.7 Å². The van der Waals surface area contributed by atoms with E-state index in [4.69, 9.17) is 9.47 Å². The van der Waals surface area contributed by atoms with E-state index in [0.717, 1.165) is 68.4 Å². The summed E-state index contributed by atoms with van der Waals surface area (Å²) in [5.74, 6) is 3.06. The van der Waals surface area contributed by atoms with Gasteiger partial charge in [0.2, 0.25) is 0 Å². The molecule has 2 aliphatic heterocycles. The van der Waals surface area contributed by atoms with E-state index in [1.165, 1.54) is 12.0 Å². The van der Waals surface area contributed by atoms with Crippen LogP contribution < -0.4 is 14.8 Å². The summed E-state index contributed by atoms with van der Waals surface area (Å²) in [6, 6.07) is 15.9. The predicted octanol–water partition coefficient (Wildman–Crippen LogP) is 3.78. The van der Waals surface area contributed by atoms with Crippen LogP contribution in [0.3, 0.4) is 0 Å². The van der Waals surface area contributed by atoms with Crippen LogP contribution in [0.4, 0.5) is 0 Å². The fourth-order valence-electron chi connectivity index (χ4n) is 4.38. The molecule has 1 atom stereocenters. The Bertz CT molecular complexity index is 805. The Kier molecular flexibility index (Phi) is 6.90. The molecule has 2 aromatic carbocycles. The first kappa shape index (κ1) is 20.7. The number of nitrogens with zero attached hydrogens (tertiary/aromatic N) is 1. The zero-order valence-corrected chi connectivity index (χ0v) is 17.8. The molecule has 0 saturated carbocycles. The lowest BCUT2D eigenvalue weighted by atomic mass is 9.96. The Balaban J connectivity index is 1.22. The van der Waals surface area contributed by atoms with Crippen molar-refractivity contribution in [2.45, 2.75) is 25.7 Å². The molecule has 0 spiro atoms. The molecule has 2 aromatic rings. The van der Waals surface area contributed by atoms with Crippen LogP contribution >= 0.6 is 0 Å². The first-order valence-corrected chi connectivity index (χ1v) is 11.1. The SMILES string of the molecule is COc1ccc(OCC2CCN(C(=O)c3ccc(CC4CCNC4)cc3)CC2)cc1. The molecule has 1 amide bonds. The highest BCUT2D eigenvalue weighted by atomic mass is 16.5. The molecule has 0 aromatic heterocycles. The van der Waals surface area contributed by atoms with Crippen LogP contribution in [0.1, 0.15) is 35.2 Å². The Labute approximate surface area is 179 Å². The van der Waals surface area contributed by atoms with Crippen molar-refractivity contribution in [2.75, 3.05) is 39.9 Å². The molecule has 160 valence electrons. The van der Waals surface area contributed by atoms with E-state index < -0.39 is 0 Å². The van der Waals surface area contributed by atoms with Crippen LogP contribution in [0.5, 0.6) is 11.5 Å². The summed E-state index contributed by atoms with van der Waals surface area (Å²) in [4.78, 5) is 14.9. The van der Waals surface area contributed by atoms with Crippen molar-refractivity contribution in [3.05, 3.63) is 59.7 Å². The summed E-state index contributed by atoms with van der Waals surface area (Å²) in [6.45, 7) is 4.52. The third-order valence-electron chi connectivity index (χ3n) is 6.33. The van der Waals surface area contributed by atoms with Crippen molar-refractivity contribution >= 4 is 5.91 Å². The van der Waals surface area contributed by atoms with Crippen LogP contribution in [-0.4, -0.2) is 50.7 Å². The van der Waals surface area contributed by atoms with Crippen LogP contribution in [0.2, 0.25) is 0 Å². The summed E-state index contributed by atoms with van der Waals surface area (Å²) in [7, 11) is 1.66. The first-order chi connectivity index (χ1) is 14.7. The molecule has 2 aliphatic rings. The molecule has 4 rings (SSSR count). The van der Waals surface area contributed by atoms with Gasteiger partial charge in [-0.1, -0.05) is 12.1 Å². The van der Waals surface area contributed by atoms with Crippen molar-refractivity contribution in [1.82, 2.24) is 10.2 Å². The molecule has 0 bridgehead atoms. The van der Waals surface area contributed by atoms with Gasteiger partial charge in [-0.15, -0.1) is 0 Å². The second-order valence-electron chi connectivity index (χ2n) is 8.48. The lowest BCUT2D eigenvalue weighted by Gasteiger charge is -2.32. The van der Waals surface area contributed by atoms with Crippen molar-refractivity contribution < 1.29 is 14.3 Å². The van der Waals surface area contributed by atoms with E-state index in [0.29, 0.717) is 12.5 Å². The maximum Gasteiger partial charge on any atom is 0.253 e. The van der Waals surface area contributed by atoms with Crippen molar-refractivity contribution in [3.8, 4) is 11.5 Å². The van der Waals surface area contributed by atoms with E-state index in [9.17, 15) is 4.79 Å². The Morgan fingerprint density at radius 3 is 2.30 bits per heavy atom. The van der Waals surface area contributed by atoms with E-state index in [1.807, 2.05) is 41.3 Å². The monoisotopic (exact) mass is 408 g/mol. The van der Waals surface area contributed by atoms with Gasteiger partial charge in [0, 0.05) is 18.7 Å². The maximum atomic E-state index is 12.9. The molecule has 0 radical (unpaired) electrons. The summed E-state index contributed by atoms with van der Waals surface area (Å²) in [5, 5.41) is 3.42. The minimum Gasteiger partial charge on any atom is -0.497 e. The number of benzene rings is 2. The number of carbonyl (C=O) groups excluding carboxylic acids is 1. The number of nitrogens with one attached hydrogen (secondary N) is 1. The number of amides is 1. The molecule has 1 N–H and O–H groups in total. The molecule has 2 fully saturated rings. The van der Waals surface area contributed by atoms with Gasteiger partial charge in [0.1, 0.15) is 11.5 Å². The number of hydrogen-bond acceptors (Lipinski definition) is 4. The number of carbonyl (C=O) groups is 1. The smallest absolute Gasteiger partial charge is 0.253 e. The van der Waals surface area contributed by atoms with Gasteiger partial charge in [-0.05, 0) is 92.6 Å². The van der Waals surface area contributed by atoms with Crippen LogP contribution in [0.25, 0.3) is 0 Å². The Hall–Kier alpha value is -2.53. The van der Waals surface area contributed by atoms with Gasteiger partial charge in [0.25, 0.3) is 5.91 Å². The van der Waals surface area contributed by atoms with Gasteiger partial charge in [-0.3, -0.25) is 4.79 Å². The summed E-state index contributed by atoms with van der Waals surface area (Å²) in [6.07, 6.45) is 4.31. The summed E-state index contributed by atoms with van der Waals surface area (Å²) < 4.78 is 11.1. The zero-order chi connectivity index (χ0) is 20.8. The highest BCUT2D eigenvalue weighted by Crippen LogP contribution is 2.23. The second kappa shape index (κ2) is 9.98. The lowest BCUT2D eigenvalue weighted by Crippen LogP contribution is -2.39. The average Bonchev–Trinajstić information content (AvgIpc) is 3.31. The van der Waals surface area contributed by atoms with Gasteiger partial charge in [-0.2, -0.15) is 0 Å². The number of piperidine rings is 1. The third-order valence-corrected chi connectivity index (χ3v) is 6.33. The molecule has 0 aliphatic carbocycles. The highest BCUT2D eigenvalue weighted by molar-refractivity contribution is 5.94. The van der Waals surface area contributed by atoms with Crippen molar-refractivity contribution in [1.29, 1.82) is 0 Å². The normalized spacial score (nSPS) is 19.6. The molecular formula is C25H32N2O3. The lowest BCUT2D eigenvalue weighted by molar-refractivity contribution is 0.0661. The average molecular weight is 409 g/mol. The van der Waals surface area contributed by atoms with E-state index in [2.05, 4.69) is 17.4 Å². The third kappa shape index (κ3) is 5.33. The maximum absolute atomic E-state index is 12.9. The quantitative estimate of drug-likeness (QED) is 0.758. The fourth-order valence-corrected chi connectivity index (χ4v) is 4.38. The standard InChI is InChI=1S/C25H32N2O3/c1-29-23-6-8-24(9-7-23)30-18-20-11-14-27(15-12-20)25(28)22-4-2-19(3-5-22)16-21-10-13-26-17-21/h2-9,20-21,26H,10-18H2,1H3. The van der Waals surface area contributed by atoms with E-state index in [-0.39, 0.29) is 5.91 Å². The van der Waals surface area contributed by atoms with E-state index >= 15 is 0 Å². The van der Waals surface area contributed by atoms with Crippen LogP contribution in [0, 0.1) is 11.8 Å². The highest BCUT2D eigenvalue weighted by Gasteiger charge is 2.24. The molecule has 2 heterocycles. The van der Waals surface area contributed by atoms with Crippen molar-refractivity contribution in [2.24, 2.45) is 11.8 Å². The minimum absolute atomic E-state index is 0.151. The fraction of sp³-hybridized carbons (Fsp3) is 0.480. The van der Waals surface area contributed by atoms with Gasteiger partial charge in [0.15, 0.2) is 0 Å². The molecule has 5 nitrogen and oxygen atoms in total. The number of hydrogen-bond donors (Lipinski definition) is 1. The predicted molar refractivity (Wildman–Crippen MR) is 118 cm³/mol. The van der Waals surface area contributed by atoms with Gasteiger partial charge in [-0.25, -0.2) is 0 Å². The second-order valence-corrected chi connectivity index (χ2v) is 8.48. The first-order valence-electron chi connectivity index (χ1n) is 11.1. The van der Waals surface area contributed by atoms with Crippen LogP contribution in [-0.2, 0) is 6.42 Å². The topological polar surface area (TPSA) is 50.8 Å². The molecule has 30 heavy (non-hydrogen) atoms. The van der Waals surface area contributed by atoms with Crippen molar-refractivity contribution in [3.63, 3.8) is 0 Å². The largest absolute Gasteiger partial charge is 0.497 e.